The zero-order chi connectivity index (χ0) is 20.1. The van der Waals surface area contributed by atoms with Gasteiger partial charge in [-0.1, -0.05) is 0 Å². The number of likely N-dealkylation sites (N-methyl/N-ethyl adjacent to an activating group) is 1. The Morgan fingerprint density at radius 3 is 2.67 bits per heavy atom. The van der Waals surface area contributed by atoms with Crippen LogP contribution in [0.25, 0.3) is 0 Å². The number of nitrogens with zero attached hydrogens (tertiary/aromatic N) is 5. The Labute approximate surface area is 153 Å². The van der Waals surface area contributed by atoms with Crippen LogP contribution in [0.15, 0.2) is 11.4 Å². The average molecular weight is 425 g/mol. The number of carbonyl (C=O) groups is 1. The molecule has 2 amide bonds. The maximum atomic E-state index is 12.6. The Morgan fingerprint density at radius 1 is 1.44 bits per heavy atom. The molecule has 2 unspecified atom stereocenters. The summed E-state index contributed by atoms with van der Waals surface area (Å²) in [6, 6.07) is -2.80. The van der Waals surface area contributed by atoms with Crippen LogP contribution in [-0.2, 0) is 36.3 Å². The highest BCUT2D eigenvalue weighted by molar-refractivity contribution is 7.84. The van der Waals surface area contributed by atoms with Crippen LogP contribution in [0, 0.1) is 0 Å². The largest absolute Gasteiger partial charge is 0.418 e. The Hall–Kier alpha value is -2.47. The molecule has 1 aromatic heterocycles. The van der Waals surface area contributed by atoms with Crippen molar-refractivity contribution in [2.45, 2.75) is 12.1 Å². The minimum atomic E-state index is -4.96. The van der Waals surface area contributed by atoms with Crippen LogP contribution in [0.4, 0.5) is 4.79 Å². The van der Waals surface area contributed by atoms with Gasteiger partial charge in [0.1, 0.15) is 12.1 Å². The van der Waals surface area contributed by atoms with Gasteiger partial charge in [0.2, 0.25) is 0 Å². The fourth-order valence-electron chi connectivity index (χ4n) is 3.03. The molecule has 0 aromatic carbocycles. The molecule has 4 N–H and O–H groups in total. The number of nitrogens with two attached hydrogens (primary N) is 1. The van der Waals surface area contributed by atoms with Gasteiger partial charge >= 0.3 is 26.7 Å². The highest BCUT2D eigenvalue weighted by Crippen LogP contribution is 2.44. The van der Waals surface area contributed by atoms with Gasteiger partial charge in [-0.05, 0) is 5.16 Å². The van der Waals surface area contributed by atoms with Crippen molar-refractivity contribution in [2.24, 2.45) is 17.3 Å². The molecule has 1 aromatic rings. The van der Waals surface area contributed by atoms with Crippen LogP contribution in [0.1, 0.15) is 23.3 Å². The monoisotopic (exact) mass is 425 g/mol. The van der Waals surface area contributed by atoms with E-state index in [9.17, 15) is 21.6 Å². The summed E-state index contributed by atoms with van der Waals surface area (Å²) in [5.41, 5.74) is 0.805. The molecule has 150 valence electrons. The van der Waals surface area contributed by atoms with Crippen molar-refractivity contribution in [3.63, 3.8) is 0 Å². The van der Waals surface area contributed by atoms with Crippen LogP contribution in [0.2, 0.25) is 0 Å². The number of hydrogen-bond donors (Lipinski definition) is 3. The van der Waals surface area contributed by atoms with Crippen LogP contribution >= 0.6 is 0 Å². The van der Waals surface area contributed by atoms with Gasteiger partial charge in [-0.25, -0.2) is 4.79 Å². The van der Waals surface area contributed by atoms with E-state index in [2.05, 4.69) is 24.1 Å². The molecule has 3 rings (SSSR count). The summed E-state index contributed by atoms with van der Waals surface area (Å²) in [6.45, 7) is -0.0478. The normalized spacial score (nSPS) is 22.8. The number of oxime groups is 1. The van der Waals surface area contributed by atoms with Gasteiger partial charge in [0.25, 0.3) is 0 Å². The van der Waals surface area contributed by atoms with Gasteiger partial charge in [0.05, 0.1) is 18.4 Å². The van der Waals surface area contributed by atoms with Gasteiger partial charge in [0.15, 0.2) is 5.84 Å². The second-order valence-electron chi connectivity index (χ2n) is 5.58. The van der Waals surface area contributed by atoms with E-state index in [1.165, 1.54) is 17.9 Å². The average Bonchev–Trinajstić information content (AvgIpc) is 3.03. The summed E-state index contributed by atoms with van der Waals surface area (Å²) in [5, 5.41) is 15.4. The third kappa shape index (κ3) is 3.54. The molecule has 0 radical (unpaired) electrons. The third-order valence-electron chi connectivity index (χ3n) is 3.96. The maximum absolute atomic E-state index is 12.6. The van der Waals surface area contributed by atoms with Gasteiger partial charge in [-0.3, -0.25) is 13.5 Å². The van der Waals surface area contributed by atoms with Gasteiger partial charge in [-0.15, -0.1) is 4.28 Å². The Morgan fingerprint density at radius 2 is 2.11 bits per heavy atom. The summed E-state index contributed by atoms with van der Waals surface area (Å²) in [7, 11) is -6.41. The fraction of sp³-hybridized carbons (Fsp3) is 0.500. The number of amides is 2. The second kappa shape index (κ2) is 6.30. The summed E-state index contributed by atoms with van der Waals surface area (Å²) >= 11 is 0. The zero-order valence-corrected chi connectivity index (χ0v) is 15.5. The topological polar surface area (TPSA) is 199 Å². The minimum absolute atomic E-state index is 0.0478. The highest BCUT2D eigenvalue weighted by Gasteiger charge is 2.53. The number of carbonyl (C=O) groups excluding carboxylic acids is 1. The molecule has 2 aliphatic heterocycles. The van der Waals surface area contributed by atoms with Crippen molar-refractivity contribution in [1.29, 1.82) is 0 Å². The zero-order valence-electron chi connectivity index (χ0n) is 13.9. The van der Waals surface area contributed by atoms with Crippen molar-refractivity contribution in [2.75, 3.05) is 13.6 Å². The molecule has 2 atom stereocenters. The fourth-order valence-corrected chi connectivity index (χ4v) is 3.58. The van der Waals surface area contributed by atoms with Crippen LogP contribution in [0.3, 0.4) is 0 Å². The first kappa shape index (κ1) is 19.3. The van der Waals surface area contributed by atoms with E-state index < -0.39 is 38.8 Å². The molecule has 0 spiro atoms. The van der Waals surface area contributed by atoms with Crippen molar-refractivity contribution in [1.82, 2.24) is 25.1 Å². The Bertz CT molecular complexity index is 1020. The molecule has 2 aliphatic rings. The van der Waals surface area contributed by atoms with Crippen molar-refractivity contribution in [3.05, 3.63) is 17.5 Å². The molecule has 1 fully saturated rings. The lowest BCUT2D eigenvalue weighted by Crippen LogP contribution is -2.43. The molecule has 0 saturated carbocycles. The van der Waals surface area contributed by atoms with Gasteiger partial charge < -0.3 is 10.2 Å². The number of hydrogen-bond acceptors (Lipinski definition) is 9. The number of urea groups is 1. The first-order chi connectivity index (χ1) is 12.4. The van der Waals surface area contributed by atoms with Gasteiger partial charge in [0, 0.05) is 19.7 Å². The predicted octanol–water partition coefficient (Wildman–Crippen LogP) is -2.26. The maximum Gasteiger partial charge on any atom is 0.418 e. The second-order valence-corrected chi connectivity index (χ2v) is 7.72. The first-order valence-electron chi connectivity index (χ1n) is 7.18. The molecule has 17 heteroatoms. The molecular weight excluding hydrogens is 410 g/mol. The minimum Gasteiger partial charge on any atom is -0.372 e. The summed E-state index contributed by atoms with van der Waals surface area (Å²) in [4.78, 5) is 13.8. The lowest BCUT2D eigenvalue weighted by molar-refractivity contribution is -0.0316. The first-order valence-corrected chi connectivity index (χ1v) is 10.0. The number of amidine groups is 1. The van der Waals surface area contributed by atoms with Crippen LogP contribution in [-0.4, -0.2) is 66.6 Å². The summed E-state index contributed by atoms with van der Waals surface area (Å²) in [6.07, 6.45) is 1.39. The number of rotatable bonds is 5. The third-order valence-corrected chi connectivity index (χ3v) is 4.59. The lowest BCUT2D eigenvalue weighted by Gasteiger charge is -2.31. The number of aryl methyl sites for hydroxylation is 1. The van der Waals surface area contributed by atoms with Crippen molar-refractivity contribution < 1.29 is 34.8 Å². The van der Waals surface area contributed by atoms with E-state index in [1.54, 1.807) is 7.05 Å². The summed E-state index contributed by atoms with van der Waals surface area (Å²) in [5.74, 6) is -0.116. The molecule has 2 bridgehead atoms. The number of hydroxylamine groups is 2. The van der Waals surface area contributed by atoms with E-state index in [0.29, 0.717) is 16.3 Å². The van der Waals surface area contributed by atoms with Crippen molar-refractivity contribution >= 4 is 32.6 Å². The number of aromatic nitrogens is 2. The number of fused-ring (bicyclic) bond motifs is 4. The van der Waals surface area contributed by atoms with E-state index in [4.69, 9.17) is 9.69 Å². The molecule has 3 heterocycles. The van der Waals surface area contributed by atoms with E-state index in [-0.39, 0.29) is 12.4 Å². The smallest absolute Gasteiger partial charge is 0.372 e. The van der Waals surface area contributed by atoms with E-state index in [1.807, 2.05) is 0 Å². The quantitative estimate of drug-likeness (QED) is 0.200. The predicted molar refractivity (Wildman–Crippen MR) is 86.0 cm³/mol. The molecule has 0 aliphatic carbocycles. The highest BCUT2D eigenvalue weighted by atomic mass is 32.3. The Balaban J connectivity index is 2.10. The molecular formula is C10H15N7O8S2. The molecule has 15 nitrogen and oxygen atoms in total. The number of nitrogens with one attached hydrogen (secondary N) is 1. The standard InChI is InChI=1S/C10H15N7O8S2/c1-12-9(14-24-26(11,19)20)8-7-5(3-13-15(7)2)6-4-16(8)10(18)17(6)25-27(21,22)23/h3,6,8H,4H2,1-2H3,(H,12,14)(H2,11,19,20)(H,21,22,23). The SMILES string of the molecule is CN/C(=N\OS(N)(=O)=O)C1c2c(cnn2C)C2CN1C(=O)N2OS(=O)(=O)O. The van der Waals surface area contributed by atoms with Crippen molar-refractivity contribution in [3.8, 4) is 0 Å². The lowest BCUT2D eigenvalue weighted by atomic mass is 9.97. The van der Waals surface area contributed by atoms with Gasteiger partial charge in [-0.2, -0.15) is 32.1 Å². The Kier molecular flexibility index (Phi) is 4.50. The van der Waals surface area contributed by atoms with E-state index >= 15 is 0 Å². The molecule has 1 saturated heterocycles. The van der Waals surface area contributed by atoms with Crippen LogP contribution < -0.4 is 10.5 Å². The van der Waals surface area contributed by atoms with E-state index in [0.717, 1.165) is 4.90 Å². The van der Waals surface area contributed by atoms with Crippen LogP contribution in [0.5, 0.6) is 0 Å². The summed E-state index contributed by atoms with van der Waals surface area (Å²) < 4.78 is 63.2. The molecule has 27 heavy (non-hydrogen) atoms.